The van der Waals surface area contributed by atoms with Crippen molar-refractivity contribution in [2.45, 2.75) is 13.8 Å². The summed E-state index contributed by atoms with van der Waals surface area (Å²) < 4.78 is 0.964. The van der Waals surface area contributed by atoms with E-state index in [2.05, 4.69) is 31.2 Å². The Morgan fingerprint density at radius 3 is 2.12 bits per heavy atom. The van der Waals surface area contributed by atoms with Crippen LogP contribution in [0.5, 0.6) is 0 Å². The van der Waals surface area contributed by atoms with Gasteiger partial charge in [-0.15, -0.1) is 0 Å². The monoisotopic (exact) mass is 277 g/mol. The van der Waals surface area contributed by atoms with Gasteiger partial charge in [0.2, 0.25) is 5.95 Å². The Balaban J connectivity index is 2.29. The zero-order chi connectivity index (χ0) is 11.5. The smallest absolute Gasteiger partial charge is 0.227 e. The number of halogens is 1. The SMILES string of the molecule is Cc1nc(Nc2ccccc2)nc(C)c1Br. The molecular formula is C12H12BrN3. The van der Waals surface area contributed by atoms with Crippen LogP contribution in [0.3, 0.4) is 0 Å². The second kappa shape index (κ2) is 4.61. The van der Waals surface area contributed by atoms with E-state index in [0.29, 0.717) is 5.95 Å². The molecule has 0 saturated heterocycles. The van der Waals surface area contributed by atoms with E-state index in [9.17, 15) is 0 Å². The maximum Gasteiger partial charge on any atom is 0.227 e. The van der Waals surface area contributed by atoms with Crippen LogP contribution in [0.4, 0.5) is 11.6 Å². The average Bonchev–Trinajstić information content (AvgIpc) is 2.27. The van der Waals surface area contributed by atoms with E-state index < -0.39 is 0 Å². The summed E-state index contributed by atoms with van der Waals surface area (Å²) in [4.78, 5) is 8.72. The van der Waals surface area contributed by atoms with Crippen LogP contribution >= 0.6 is 15.9 Å². The number of anilines is 2. The molecule has 0 radical (unpaired) electrons. The zero-order valence-corrected chi connectivity index (χ0v) is 10.7. The summed E-state index contributed by atoms with van der Waals surface area (Å²) in [5.41, 5.74) is 2.86. The number of rotatable bonds is 2. The number of para-hydroxylation sites is 1. The minimum atomic E-state index is 0.629. The molecule has 3 nitrogen and oxygen atoms in total. The first-order chi connectivity index (χ1) is 7.66. The van der Waals surface area contributed by atoms with E-state index in [-0.39, 0.29) is 0 Å². The molecule has 0 spiro atoms. The maximum atomic E-state index is 4.36. The van der Waals surface area contributed by atoms with Crippen molar-refractivity contribution in [3.8, 4) is 0 Å². The maximum absolute atomic E-state index is 4.36. The summed E-state index contributed by atoms with van der Waals surface area (Å²) in [6, 6.07) is 9.89. The predicted octanol–water partition coefficient (Wildman–Crippen LogP) is 3.60. The van der Waals surface area contributed by atoms with E-state index in [1.54, 1.807) is 0 Å². The Morgan fingerprint density at radius 1 is 1.00 bits per heavy atom. The van der Waals surface area contributed by atoms with Crippen LogP contribution < -0.4 is 5.32 Å². The molecule has 0 aliphatic heterocycles. The molecule has 0 atom stereocenters. The molecule has 0 unspecified atom stereocenters. The van der Waals surface area contributed by atoms with Gasteiger partial charge in [0.05, 0.1) is 15.9 Å². The van der Waals surface area contributed by atoms with Crippen molar-refractivity contribution in [3.05, 3.63) is 46.2 Å². The molecule has 0 aliphatic carbocycles. The largest absolute Gasteiger partial charge is 0.324 e. The number of aromatic nitrogens is 2. The Bertz CT molecular complexity index is 474. The van der Waals surface area contributed by atoms with Crippen LogP contribution in [0.25, 0.3) is 0 Å². The van der Waals surface area contributed by atoms with Gasteiger partial charge in [-0.3, -0.25) is 0 Å². The van der Waals surface area contributed by atoms with E-state index in [1.165, 1.54) is 0 Å². The fourth-order valence-corrected chi connectivity index (χ4v) is 1.59. The van der Waals surface area contributed by atoms with Gasteiger partial charge in [-0.2, -0.15) is 0 Å². The lowest BCUT2D eigenvalue weighted by atomic mass is 10.3. The normalized spacial score (nSPS) is 10.2. The van der Waals surface area contributed by atoms with Gasteiger partial charge in [-0.25, -0.2) is 9.97 Å². The lowest BCUT2D eigenvalue weighted by Crippen LogP contribution is -2.01. The molecule has 0 bridgehead atoms. The van der Waals surface area contributed by atoms with Crippen molar-refractivity contribution in [2.75, 3.05) is 5.32 Å². The second-order valence-corrected chi connectivity index (χ2v) is 4.32. The van der Waals surface area contributed by atoms with E-state index in [0.717, 1.165) is 21.5 Å². The van der Waals surface area contributed by atoms with Gasteiger partial charge in [0.15, 0.2) is 0 Å². The first-order valence-corrected chi connectivity index (χ1v) is 5.79. The van der Waals surface area contributed by atoms with Gasteiger partial charge in [-0.1, -0.05) is 18.2 Å². The summed E-state index contributed by atoms with van der Waals surface area (Å²) in [7, 11) is 0. The lowest BCUT2D eigenvalue weighted by Gasteiger charge is -2.07. The topological polar surface area (TPSA) is 37.8 Å². The lowest BCUT2D eigenvalue weighted by molar-refractivity contribution is 1.04. The van der Waals surface area contributed by atoms with Crippen molar-refractivity contribution >= 4 is 27.6 Å². The molecule has 1 heterocycles. The Kier molecular flexibility index (Phi) is 3.19. The van der Waals surface area contributed by atoms with Crippen LogP contribution in [0.2, 0.25) is 0 Å². The Hall–Kier alpha value is -1.42. The first kappa shape index (κ1) is 11.1. The molecule has 0 saturated carbocycles. The minimum absolute atomic E-state index is 0.629. The summed E-state index contributed by atoms with van der Waals surface area (Å²) in [5.74, 6) is 0.629. The molecule has 4 heteroatoms. The minimum Gasteiger partial charge on any atom is -0.324 e. The van der Waals surface area contributed by atoms with E-state index >= 15 is 0 Å². The molecule has 2 rings (SSSR count). The van der Waals surface area contributed by atoms with Crippen LogP contribution in [0, 0.1) is 13.8 Å². The fraction of sp³-hybridized carbons (Fsp3) is 0.167. The van der Waals surface area contributed by atoms with Gasteiger partial charge < -0.3 is 5.32 Å². The second-order valence-electron chi connectivity index (χ2n) is 3.52. The highest BCUT2D eigenvalue weighted by Crippen LogP contribution is 2.20. The van der Waals surface area contributed by atoms with Gasteiger partial charge in [0, 0.05) is 5.69 Å². The van der Waals surface area contributed by atoms with E-state index in [4.69, 9.17) is 0 Å². The van der Waals surface area contributed by atoms with Gasteiger partial charge in [0.25, 0.3) is 0 Å². The van der Waals surface area contributed by atoms with Crippen molar-refractivity contribution in [1.82, 2.24) is 9.97 Å². The van der Waals surface area contributed by atoms with Gasteiger partial charge in [0.1, 0.15) is 0 Å². The summed E-state index contributed by atoms with van der Waals surface area (Å²) in [6.45, 7) is 3.91. The molecule has 1 aromatic carbocycles. The molecule has 2 aromatic rings. The standard InChI is InChI=1S/C12H12BrN3/c1-8-11(13)9(2)15-12(14-8)16-10-6-4-3-5-7-10/h3-7H,1-2H3,(H,14,15,16). The van der Waals surface area contributed by atoms with Crippen molar-refractivity contribution in [2.24, 2.45) is 0 Å². The molecular weight excluding hydrogens is 266 g/mol. The molecule has 1 aromatic heterocycles. The van der Waals surface area contributed by atoms with Gasteiger partial charge in [-0.05, 0) is 41.9 Å². The number of hydrogen-bond donors (Lipinski definition) is 1. The highest BCUT2D eigenvalue weighted by Gasteiger charge is 2.05. The number of aryl methyl sites for hydroxylation is 2. The quantitative estimate of drug-likeness (QED) is 0.912. The Morgan fingerprint density at radius 2 is 1.56 bits per heavy atom. The molecule has 0 fully saturated rings. The molecule has 1 N–H and O–H groups in total. The van der Waals surface area contributed by atoms with Crippen LogP contribution in [0.15, 0.2) is 34.8 Å². The number of nitrogens with zero attached hydrogens (tertiary/aromatic N) is 2. The number of hydrogen-bond acceptors (Lipinski definition) is 3. The predicted molar refractivity (Wildman–Crippen MR) is 68.9 cm³/mol. The van der Waals surface area contributed by atoms with Crippen molar-refractivity contribution in [1.29, 1.82) is 0 Å². The first-order valence-electron chi connectivity index (χ1n) is 4.99. The molecule has 0 amide bonds. The third-order valence-electron chi connectivity index (χ3n) is 2.21. The van der Waals surface area contributed by atoms with Crippen LogP contribution in [-0.4, -0.2) is 9.97 Å². The van der Waals surface area contributed by atoms with Gasteiger partial charge >= 0.3 is 0 Å². The molecule has 0 aliphatic rings. The van der Waals surface area contributed by atoms with E-state index in [1.807, 2.05) is 44.2 Å². The Labute approximate surface area is 103 Å². The number of nitrogens with one attached hydrogen (secondary N) is 1. The number of benzene rings is 1. The van der Waals surface area contributed by atoms with Crippen LogP contribution in [-0.2, 0) is 0 Å². The third-order valence-corrected chi connectivity index (χ3v) is 3.36. The zero-order valence-electron chi connectivity index (χ0n) is 9.16. The third kappa shape index (κ3) is 2.39. The highest BCUT2D eigenvalue weighted by atomic mass is 79.9. The molecule has 82 valence electrons. The summed E-state index contributed by atoms with van der Waals surface area (Å²) in [6.07, 6.45) is 0. The highest BCUT2D eigenvalue weighted by molar-refractivity contribution is 9.10. The van der Waals surface area contributed by atoms with Crippen molar-refractivity contribution in [3.63, 3.8) is 0 Å². The average molecular weight is 278 g/mol. The summed E-state index contributed by atoms with van der Waals surface area (Å²) >= 11 is 3.45. The fourth-order valence-electron chi connectivity index (χ4n) is 1.41. The van der Waals surface area contributed by atoms with Crippen LogP contribution in [0.1, 0.15) is 11.4 Å². The summed E-state index contributed by atoms with van der Waals surface area (Å²) in [5, 5.41) is 3.17. The van der Waals surface area contributed by atoms with Crippen molar-refractivity contribution < 1.29 is 0 Å². The molecule has 16 heavy (non-hydrogen) atoms.